The van der Waals surface area contributed by atoms with Gasteiger partial charge in [0.15, 0.2) is 0 Å². The van der Waals surface area contributed by atoms with Gasteiger partial charge in [0, 0.05) is 9.75 Å². The summed E-state index contributed by atoms with van der Waals surface area (Å²) in [4.78, 5) is 24.7. The third-order valence-corrected chi connectivity index (χ3v) is 6.10. The first-order valence-corrected chi connectivity index (χ1v) is 8.16. The van der Waals surface area contributed by atoms with Crippen LogP contribution in [-0.2, 0) is 15.7 Å². The largest absolute Gasteiger partial charge is 0.416 e. The summed E-state index contributed by atoms with van der Waals surface area (Å²) in [5, 5.41) is 1.84. The fourth-order valence-corrected chi connectivity index (χ4v) is 4.33. The maximum atomic E-state index is 12.6. The van der Waals surface area contributed by atoms with Gasteiger partial charge in [-0.25, -0.2) is 0 Å². The minimum Gasteiger partial charge on any atom is -0.286 e. The molecule has 8 heteroatoms. The molecule has 2 heterocycles. The maximum absolute atomic E-state index is 12.6. The van der Waals surface area contributed by atoms with Gasteiger partial charge < -0.3 is 0 Å². The first-order chi connectivity index (χ1) is 10.7. The number of benzene rings is 1. The average molecular weight is 357 g/mol. The van der Waals surface area contributed by atoms with Crippen LogP contribution in [0.1, 0.15) is 17.4 Å². The Labute approximate surface area is 137 Å². The molecule has 1 fully saturated rings. The zero-order chi connectivity index (χ0) is 16.8. The van der Waals surface area contributed by atoms with Crippen LogP contribution < -0.4 is 5.32 Å². The van der Waals surface area contributed by atoms with E-state index >= 15 is 0 Å². The minimum atomic E-state index is -4.37. The molecule has 0 saturated carbocycles. The molecule has 120 valence electrons. The molecule has 0 aliphatic carbocycles. The van der Waals surface area contributed by atoms with Crippen LogP contribution in [-0.4, -0.2) is 11.1 Å². The molecule has 1 aromatic carbocycles. The predicted molar refractivity (Wildman–Crippen MR) is 83.2 cm³/mol. The summed E-state index contributed by atoms with van der Waals surface area (Å²) in [6, 6.07) is 8.31. The Balaban J connectivity index is 1.91. The third-order valence-electron chi connectivity index (χ3n) is 3.52. The van der Waals surface area contributed by atoms with Crippen LogP contribution in [0.15, 0.2) is 36.4 Å². The van der Waals surface area contributed by atoms with Gasteiger partial charge in [0.05, 0.1) is 5.56 Å². The Bertz CT molecular complexity index is 783. The first-order valence-electron chi connectivity index (χ1n) is 6.52. The molecule has 0 radical (unpaired) electrons. The molecule has 0 spiro atoms. The number of amides is 2. The van der Waals surface area contributed by atoms with Gasteiger partial charge in [0.2, 0.25) is 5.91 Å². The Morgan fingerprint density at radius 1 is 1.04 bits per heavy atom. The Morgan fingerprint density at radius 2 is 1.70 bits per heavy atom. The Kier molecular flexibility index (Phi) is 3.76. The molecule has 1 aromatic heterocycles. The number of nitrogens with one attached hydrogen (secondary N) is 1. The summed E-state index contributed by atoms with van der Waals surface area (Å²) in [5.41, 5.74) is -0.0751. The topological polar surface area (TPSA) is 46.2 Å². The molecule has 2 amide bonds. The summed E-state index contributed by atoms with van der Waals surface area (Å²) >= 11 is 2.19. The van der Waals surface area contributed by atoms with Crippen molar-refractivity contribution in [2.24, 2.45) is 0 Å². The van der Waals surface area contributed by atoms with Crippen molar-refractivity contribution in [1.29, 1.82) is 0 Å². The van der Waals surface area contributed by atoms with E-state index in [4.69, 9.17) is 0 Å². The van der Waals surface area contributed by atoms with Crippen LogP contribution in [0.2, 0.25) is 0 Å². The molecule has 23 heavy (non-hydrogen) atoms. The van der Waals surface area contributed by atoms with Crippen molar-refractivity contribution < 1.29 is 22.8 Å². The van der Waals surface area contributed by atoms with E-state index in [1.807, 2.05) is 0 Å². The van der Waals surface area contributed by atoms with Gasteiger partial charge in [-0.3, -0.25) is 14.9 Å². The standard InChI is InChI=1S/C15H10F3NO2S2/c1-14(12(20)19-13(21)23-14)11-7-6-10(22-11)8-2-4-9(5-3-8)15(16,17)18/h2-7H,1H3,(H,19,20,21). The highest BCUT2D eigenvalue weighted by molar-refractivity contribution is 8.15. The van der Waals surface area contributed by atoms with Crippen molar-refractivity contribution in [3.8, 4) is 10.4 Å². The van der Waals surface area contributed by atoms with Crippen molar-refractivity contribution in [1.82, 2.24) is 5.32 Å². The molecule has 1 atom stereocenters. The van der Waals surface area contributed by atoms with Crippen molar-refractivity contribution in [3.63, 3.8) is 0 Å². The second-order valence-corrected chi connectivity index (χ2v) is 7.59. The molecule has 3 rings (SSSR count). The van der Waals surface area contributed by atoms with Gasteiger partial charge in [-0.1, -0.05) is 12.1 Å². The minimum absolute atomic E-state index is 0.381. The number of carbonyl (C=O) groups is 2. The summed E-state index contributed by atoms with van der Waals surface area (Å²) in [6.45, 7) is 1.65. The number of alkyl halides is 3. The summed E-state index contributed by atoms with van der Waals surface area (Å²) in [5.74, 6) is -0.381. The summed E-state index contributed by atoms with van der Waals surface area (Å²) in [7, 11) is 0. The number of carbonyl (C=O) groups excluding carboxylic acids is 2. The van der Waals surface area contributed by atoms with Gasteiger partial charge in [0.1, 0.15) is 4.75 Å². The van der Waals surface area contributed by atoms with Crippen molar-refractivity contribution >= 4 is 34.2 Å². The van der Waals surface area contributed by atoms with Crippen LogP contribution in [0.5, 0.6) is 0 Å². The van der Waals surface area contributed by atoms with Crippen molar-refractivity contribution in [3.05, 3.63) is 46.8 Å². The molecular formula is C15H10F3NO2S2. The second-order valence-electron chi connectivity index (χ2n) is 5.12. The van der Waals surface area contributed by atoms with E-state index in [9.17, 15) is 22.8 Å². The Hall–Kier alpha value is -1.80. The number of thiophene rings is 1. The summed E-state index contributed by atoms with van der Waals surface area (Å²) < 4.78 is 36.8. The van der Waals surface area contributed by atoms with Gasteiger partial charge >= 0.3 is 6.18 Å². The number of hydrogen-bond donors (Lipinski definition) is 1. The predicted octanol–water partition coefficient (Wildman–Crippen LogP) is 4.63. The highest BCUT2D eigenvalue weighted by Crippen LogP contribution is 2.45. The van der Waals surface area contributed by atoms with Crippen LogP contribution >= 0.6 is 23.1 Å². The highest BCUT2D eigenvalue weighted by Gasteiger charge is 2.46. The van der Waals surface area contributed by atoms with E-state index in [0.717, 1.165) is 28.8 Å². The van der Waals surface area contributed by atoms with E-state index in [0.29, 0.717) is 10.4 Å². The highest BCUT2D eigenvalue weighted by atomic mass is 32.2. The monoisotopic (exact) mass is 357 g/mol. The molecule has 2 aromatic rings. The first kappa shape index (κ1) is 16.1. The van der Waals surface area contributed by atoms with Crippen molar-refractivity contribution in [2.45, 2.75) is 17.8 Å². The number of thioether (sulfide) groups is 1. The normalized spacial score (nSPS) is 21.6. The number of imide groups is 1. The third kappa shape index (κ3) is 2.88. The lowest BCUT2D eigenvalue weighted by molar-refractivity contribution is -0.137. The van der Waals surface area contributed by atoms with Crippen LogP contribution in [0.4, 0.5) is 18.0 Å². The van der Waals surface area contributed by atoms with Crippen molar-refractivity contribution in [2.75, 3.05) is 0 Å². The van der Waals surface area contributed by atoms with E-state index in [-0.39, 0.29) is 5.91 Å². The lowest BCUT2D eigenvalue weighted by Crippen LogP contribution is -2.30. The zero-order valence-corrected chi connectivity index (χ0v) is 13.4. The Morgan fingerprint density at radius 3 is 2.22 bits per heavy atom. The molecule has 0 bridgehead atoms. The molecule has 1 unspecified atom stereocenters. The van der Waals surface area contributed by atoms with E-state index in [1.54, 1.807) is 19.1 Å². The molecule has 1 N–H and O–H groups in total. The fraction of sp³-hybridized carbons (Fsp3) is 0.200. The van der Waals surface area contributed by atoms with Gasteiger partial charge in [-0.2, -0.15) is 13.2 Å². The van der Waals surface area contributed by atoms with Gasteiger partial charge in [-0.05, 0) is 48.5 Å². The van der Waals surface area contributed by atoms with Crippen LogP contribution in [0.3, 0.4) is 0 Å². The van der Waals surface area contributed by atoms with Crippen LogP contribution in [0, 0.1) is 0 Å². The smallest absolute Gasteiger partial charge is 0.286 e. The molecule has 1 saturated heterocycles. The molecule has 1 aliphatic heterocycles. The number of hydrogen-bond acceptors (Lipinski definition) is 4. The SMILES string of the molecule is CC1(c2ccc(-c3ccc(C(F)(F)F)cc3)s2)SC(=O)NC1=O. The molecular weight excluding hydrogens is 347 g/mol. The molecule has 1 aliphatic rings. The quantitative estimate of drug-likeness (QED) is 0.852. The van der Waals surface area contributed by atoms with E-state index in [1.165, 1.54) is 23.5 Å². The summed E-state index contributed by atoms with van der Waals surface area (Å²) in [6.07, 6.45) is -4.37. The molecule has 3 nitrogen and oxygen atoms in total. The number of rotatable bonds is 2. The van der Waals surface area contributed by atoms with Crippen LogP contribution in [0.25, 0.3) is 10.4 Å². The lowest BCUT2D eigenvalue weighted by Gasteiger charge is -2.15. The second kappa shape index (κ2) is 5.38. The average Bonchev–Trinajstić information content (AvgIpc) is 3.05. The zero-order valence-electron chi connectivity index (χ0n) is 11.7. The lowest BCUT2D eigenvalue weighted by atomic mass is 10.1. The van der Waals surface area contributed by atoms with E-state index < -0.39 is 21.7 Å². The van der Waals surface area contributed by atoms with E-state index in [2.05, 4.69) is 5.32 Å². The maximum Gasteiger partial charge on any atom is 0.416 e. The fourth-order valence-electron chi connectivity index (χ4n) is 2.20. The van der Waals surface area contributed by atoms with Gasteiger partial charge in [0.25, 0.3) is 5.24 Å². The number of halogens is 3. The van der Waals surface area contributed by atoms with Gasteiger partial charge in [-0.15, -0.1) is 11.3 Å².